The molecule has 0 spiro atoms. The Balaban J connectivity index is 4.28. The van der Waals surface area contributed by atoms with Crippen LogP contribution in [0.5, 0.6) is 0 Å². The third kappa shape index (κ3) is 63.1. The van der Waals surface area contributed by atoms with E-state index in [1.165, 1.54) is 270 Å². The molecule has 446 valence electrons. The Bertz CT molecular complexity index is 1160. The van der Waals surface area contributed by atoms with Crippen LogP contribution in [0.4, 0.5) is 0 Å². The van der Waals surface area contributed by atoms with Crippen LogP contribution in [0.3, 0.4) is 0 Å². The second-order valence-electron chi connectivity index (χ2n) is 25.2. The average Bonchev–Trinajstić information content (AvgIpc) is 3.38. The predicted molar refractivity (Wildman–Crippen MR) is 326 cm³/mol. The fourth-order valence-corrected chi connectivity index (χ4v) is 10.8. The number of carbonyl (C=O) groups excluding carboxylic acids is 3. The molecule has 0 saturated carbocycles. The number of unbranched alkanes of at least 4 members (excludes halogenated alkanes) is 45. The van der Waals surface area contributed by atoms with E-state index in [0.29, 0.717) is 19.3 Å². The molecule has 6 nitrogen and oxygen atoms in total. The first kappa shape index (κ1) is 73.4. The minimum Gasteiger partial charge on any atom is -0.462 e. The lowest BCUT2D eigenvalue weighted by atomic mass is 10.0. The van der Waals surface area contributed by atoms with Gasteiger partial charge in [0.2, 0.25) is 0 Å². The molecule has 0 rings (SSSR count). The summed E-state index contributed by atoms with van der Waals surface area (Å²) in [4.78, 5) is 38.4. The van der Waals surface area contributed by atoms with E-state index in [1.54, 1.807) is 0 Å². The predicted octanol–water partition coefficient (Wildman–Crippen LogP) is 23.0. The van der Waals surface area contributed by atoms with Gasteiger partial charge in [0.1, 0.15) is 13.2 Å². The van der Waals surface area contributed by atoms with Gasteiger partial charge in [-0.25, -0.2) is 0 Å². The Hall–Kier alpha value is -1.59. The summed E-state index contributed by atoms with van der Waals surface area (Å²) < 4.78 is 17.0. The van der Waals surface area contributed by atoms with Crippen molar-refractivity contribution in [3.05, 3.63) is 0 Å². The maximum atomic E-state index is 12.9. The molecule has 0 saturated heterocycles. The van der Waals surface area contributed by atoms with Crippen molar-refractivity contribution in [2.45, 2.75) is 394 Å². The summed E-state index contributed by atoms with van der Waals surface area (Å²) in [7, 11) is 0. The van der Waals surface area contributed by atoms with Crippen LogP contribution in [0.2, 0.25) is 0 Å². The van der Waals surface area contributed by atoms with Gasteiger partial charge < -0.3 is 14.2 Å². The van der Waals surface area contributed by atoms with Crippen molar-refractivity contribution in [1.29, 1.82) is 0 Å². The van der Waals surface area contributed by atoms with Crippen molar-refractivity contribution < 1.29 is 28.6 Å². The van der Waals surface area contributed by atoms with E-state index in [0.717, 1.165) is 75.5 Å². The van der Waals surface area contributed by atoms with Crippen molar-refractivity contribution in [1.82, 2.24) is 0 Å². The summed E-state index contributed by atoms with van der Waals surface area (Å²) in [5, 5.41) is 0. The Morgan fingerprint density at radius 2 is 0.387 bits per heavy atom. The zero-order chi connectivity index (χ0) is 54.8. The normalized spacial score (nSPS) is 12.1. The van der Waals surface area contributed by atoms with Crippen LogP contribution in [0.25, 0.3) is 0 Å². The highest BCUT2D eigenvalue weighted by atomic mass is 16.6. The van der Waals surface area contributed by atoms with Crippen LogP contribution in [0.15, 0.2) is 0 Å². The molecule has 0 aliphatic heterocycles. The quantitative estimate of drug-likeness (QED) is 0.0343. The summed E-state index contributed by atoms with van der Waals surface area (Å²) in [5.41, 5.74) is 0. The van der Waals surface area contributed by atoms with Crippen LogP contribution in [0, 0.1) is 17.8 Å². The van der Waals surface area contributed by atoms with Gasteiger partial charge >= 0.3 is 17.9 Å². The molecule has 0 unspecified atom stereocenters. The van der Waals surface area contributed by atoms with Crippen LogP contribution >= 0.6 is 0 Å². The van der Waals surface area contributed by atoms with Gasteiger partial charge in [-0.1, -0.05) is 350 Å². The fourth-order valence-electron chi connectivity index (χ4n) is 10.8. The van der Waals surface area contributed by atoms with E-state index in [9.17, 15) is 14.4 Å². The largest absolute Gasteiger partial charge is 0.462 e. The highest BCUT2D eigenvalue weighted by Crippen LogP contribution is 2.20. The molecule has 0 aliphatic rings. The summed E-state index contributed by atoms with van der Waals surface area (Å²) in [6, 6.07) is 0. The minimum atomic E-state index is -0.765. The fraction of sp³-hybridized carbons (Fsp3) is 0.957. The first-order valence-electron chi connectivity index (χ1n) is 34.1. The number of ether oxygens (including phenoxy) is 3. The van der Waals surface area contributed by atoms with Crippen molar-refractivity contribution in [3.8, 4) is 0 Å². The lowest BCUT2D eigenvalue weighted by molar-refractivity contribution is -0.167. The average molecular weight is 1060 g/mol. The molecule has 0 fully saturated rings. The Morgan fingerprint density at radius 1 is 0.227 bits per heavy atom. The topological polar surface area (TPSA) is 78.9 Å². The lowest BCUT2D eigenvalue weighted by Gasteiger charge is -2.18. The van der Waals surface area contributed by atoms with Gasteiger partial charge in [-0.2, -0.15) is 0 Å². The Morgan fingerprint density at radius 3 is 0.573 bits per heavy atom. The number of rotatable bonds is 62. The smallest absolute Gasteiger partial charge is 0.306 e. The van der Waals surface area contributed by atoms with E-state index >= 15 is 0 Å². The van der Waals surface area contributed by atoms with Crippen molar-refractivity contribution >= 4 is 17.9 Å². The number of esters is 3. The molecular weight excluding hydrogens is 925 g/mol. The number of hydrogen-bond donors (Lipinski definition) is 0. The molecular formula is C69H134O6. The van der Waals surface area contributed by atoms with Crippen LogP contribution in [0.1, 0.15) is 388 Å². The lowest BCUT2D eigenvalue weighted by Crippen LogP contribution is -2.30. The summed E-state index contributed by atoms with van der Waals surface area (Å²) in [6.45, 7) is 13.8. The highest BCUT2D eigenvalue weighted by molar-refractivity contribution is 5.71. The SMILES string of the molecule is CC(C)CCCCCCCCCCCCCCCCCCCCC(=O)O[C@H](COC(=O)CCCCCCCCCCCCCCCCCCC(C)C)COC(=O)CCCCCCCCCCCCCCCCC(C)C. The van der Waals surface area contributed by atoms with E-state index in [1.807, 2.05) is 0 Å². The molecule has 0 amide bonds. The molecule has 0 aliphatic carbocycles. The van der Waals surface area contributed by atoms with Gasteiger partial charge in [-0.3, -0.25) is 14.4 Å². The second kappa shape index (κ2) is 60.1. The van der Waals surface area contributed by atoms with E-state index in [2.05, 4.69) is 41.5 Å². The molecule has 0 heterocycles. The van der Waals surface area contributed by atoms with Gasteiger partial charge in [-0.05, 0) is 37.0 Å². The Kier molecular flexibility index (Phi) is 58.8. The summed E-state index contributed by atoms with van der Waals surface area (Å²) in [5.74, 6) is 1.73. The summed E-state index contributed by atoms with van der Waals surface area (Å²) >= 11 is 0. The number of carbonyl (C=O) groups is 3. The van der Waals surface area contributed by atoms with Crippen LogP contribution in [-0.2, 0) is 28.6 Å². The molecule has 0 radical (unpaired) electrons. The zero-order valence-corrected chi connectivity index (χ0v) is 51.9. The molecule has 6 heteroatoms. The second-order valence-corrected chi connectivity index (χ2v) is 25.2. The zero-order valence-electron chi connectivity index (χ0n) is 51.9. The minimum absolute atomic E-state index is 0.0620. The summed E-state index contributed by atoms with van der Waals surface area (Å²) in [6.07, 6.45) is 66.8. The number of hydrogen-bond acceptors (Lipinski definition) is 6. The molecule has 1 atom stereocenters. The first-order valence-corrected chi connectivity index (χ1v) is 34.1. The van der Waals surface area contributed by atoms with Crippen molar-refractivity contribution in [2.24, 2.45) is 17.8 Å². The standard InChI is InChI=1S/C69H134O6/c1-63(2)55-49-43-37-31-25-19-13-9-7-8-10-16-24-30-36-42-48-54-60-69(72)75-66(62-74-68(71)59-53-47-41-35-29-23-18-17-21-27-33-39-45-51-57-65(5)6)61-73-67(70)58-52-46-40-34-28-22-15-12-11-14-20-26-32-38-44-50-56-64(3)4/h63-66H,7-62H2,1-6H3/t66-/m1/s1. The molecule has 0 N–H and O–H groups in total. The van der Waals surface area contributed by atoms with Crippen LogP contribution in [-0.4, -0.2) is 37.2 Å². The van der Waals surface area contributed by atoms with Gasteiger partial charge in [0.05, 0.1) is 0 Å². The maximum Gasteiger partial charge on any atom is 0.306 e. The molecule has 0 aromatic carbocycles. The van der Waals surface area contributed by atoms with E-state index in [-0.39, 0.29) is 31.1 Å². The molecule has 0 aromatic rings. The third-order valence-corrected chi connectivity index (χ3v) is 15.9. The molecule has 75 heavy (non-hydrogen) atoms. The van der Waals surface area contributed by atoms with Crippen molar-refractivity contribution in [3.63, 3.8) is 0 Å². The molecule has 0 bridgehead atoms. The van der Waals surface area contributed by atoms with Gasteiger partial charge in [0.15, 0.2) is 6.10 Å². The van der Waals surface area contributed by atoms with Crippen LogP contribution < -0.4 is 0 Å². The Labute approximate surface area is 469 Å². The van der Waals surface area contributed by atoms with Gasteiger partial charge in [0, 0.05) is 19.3 Å². The first-order chi connectivity index (χ1) is 36.6. The highest BCUT2D eigenvalue weighted by Gasteiger charge is 2.20. The van der Waals surface area contributed by atoms with Gasteiger partial charge in [0.25, 0.3) is 0 Å². The maximum absolute atomic E-state index is 12.9. The van der Waals surface area contributed by atoms with Crippen molar-refractivity contribution in [2.75, 3.05) is 13.2 Å². The monoisotopic (exact) mass is 1060 g/mol. The third-order valence-electron chi connectivity index (χ3n) is 15.9. The van der Waals surface area contributed by atoms with E-state index < -0.39 is 6.10 Å². The van der Waals surface area contributed by atoms with Gasteiger partial charge in [-0.15, -0.1) is 0 Å². The van der Waals surface area contributed by atoms with E-state index in [4.69, 9.17) is 14.2 Å². The molecule has 0 aromatic heterocycles.